The number of carbonyl (C=O) groups is 2. The number of carbonyl (C=O) groups excluding carboxylic acids is 2. The Morgan fingerprint density at radius 1 is 1.38 bits per heavy atom. The third-order valence-electron chi connectivity index (χ3n) is 4.32. The van der Waals surface area contributed by atoms with Crippen molar-refractivity contribution in [2.24, 2.45) is 0 Å². The second kappa shape index (κ2) is 5.85. The summed E-state index contributed by atoms with van der Waals surface area (Å²) in [6.45, 7) is 1.71. The van der Waals surface area contributed by atoms with E-state index in [0.717, 1.165) is 5.57 Å². The van der Waals surface area contributed by atoms with Crippen LogP contribution in [0.1, 0.15) is 18.9 Å². The standard InChI is InChI=1S/C18H16N3O3/c1-18(13-6-4-3-5-7-13)16(22)20-17(23)21(18)14-9-8-12(11-19)15(10-14)24-2/h3-4,6-10H,5H2,1-2H3,(H,20,22,23). The van der Waals surface area contributed by atoms with Gasteiger partial charge >= 0.3 is 6.03 Å². The Kier molecular flexibility index (Phi) is 3.86. The predicted octanol–water partition coefficient (Wildman–Crippen LogP) is 2.47. The van der Waals surface area contributed by atoms with Gasteiger partial charge in [-0.1, -0.05) is 18.2 Å². The smallest absolute Gasteiger partial charge is 0.329 e. The van der Waals surface area contributed by atoms with Crippen molar-refractivity contribution in [1.29, 1.82) is 5.26 Å². The molecule has 1 radical (unpaired) electrons. The van der Waals surface area contributed by atoms with Crippen molar-refractivity contribution in [3.63, 3.8) is 0 Å². The van der Waals surface area contributed by atoms with Crippen molar-refractivity contribution in [2.45, 2.75) is 18.9 Å². The monoisotopic (exact) mass is 322 g/mol. The molecular weight excluding hydrogens is 306 g/mol. The molecule has 0 bridgehead atoms. The number of nitrogens with zero attached hydrogens (tertiary/aromatic N) is 2. The first-order valence-corrected chi connectivity index (χ1v) is 7.46. The molecule has 1 N–H and O–H groups in total. The number of benzene rings is 1. The molecule has 0 saturated carbocycles. The number of hydrogen-bond donors (Lipinski definition) is 1. The lowest BCUT2D eigenvalue weighted by Gasteiger charge is -2.34. The van der Waals surface area contributed by atoms with E-state index in [1.165, 1.54) is 12.0 Å². The molecule has 1 aromatic carbocycles. The molecule has 121 valence electrons. The van der Waals surface area contributed by atoms with Gasteiger partial charge in [0.15, 0.2) is 5.54 Å². The highest BCUT2D eigenvalue weighted by molar-refractivity contribution is 6.18. The molecule has 1 aliphatic heterocycles. The molecule has 1 saturated heterocycles. The number of rotatable bonds is 3. The molecule has 24 heavy (non-hydrogen) atoms. The second-order valence-corrected chi connectivity index (χ2v) is 5.65. The molecule has 1 atom stereocenters. The van der Waals surface area contributed by atoms with Gasteiger partial charge in [0.1, 0.15) is 11.8 Å². The van der Waals surface area contributed by atoms with Crippen LogP contribution in [-0.4, -0.2) is 24.6 Å². The van der Waals surface area contributed by atoms with Gasteiger partial charge in [0.25, 0.3) is 5.91 Å². The lowest BCUT2D eigenvalue weighted by molar-refractivity contribution is -0.121. The Balaban J connectivity index is 2.12. The molecule has 6 nitrogen and oxygen atoms in total. The number of urea groups is 1. The molecular formula is C18H16N3O3. The van der Waals surface area contributed by atoms with Crippen LogP contribution in [0, 0.1) is 17.8 Å². The SMILES string of the molecule is COc1cc(N2C(=O)NC(=O)C2(C)C2=CC[CH]C=C2)ccc1C#N. The summed E-state index contributed by atoms with van der Waals surface area (Å²) in [5.74, 6) is -0.0281. The third-order valence-corrected chi connectivity index (χ3v) is 4.32. The van der Waals surface area contributed by atoms with E-state index in [9.17, 15) is 9.59 Å². The van der Waals surface area contributed by atoms with E-state index in [4.69, 9.17) is 10.00 Å². The van der Waals surface area contributed by atoms with E-state index >= 15 is 0 Å². The normalized spacial score (nSPS) is 22.9. The zero-order valence-corrected chi connectivity index (χ0v) is 13.4. The summed E-state index contributed by atoms with van der Waals surface area (Å²) in [6.07, 6.45) is 8.29. The molecule has 1 heterocycles. The molecule has 3 amide bonds. The fourth-order valence-electron chi connectivity index (χ4n) is 3.00. The van der Waals surface area contributed by atoms with Crippen LogP contribution in [-0.2, 0) is 4.79 Å². The summed E-state index contributed by atoms with van der Waals surface area (Å²) in [5, 5.41) is 11.5. The first kappa shape index (κ1) is 15.8. The minimum Gasteiger partial charge on any atom is -0.495 e. The van der Waals surface area contributed by atoms with Gasteiger partial charge in [0.05, 0.1) is 18.4 Å². The highest BCUT2D eigenvalue weighted by Gasteiger charge is 2.52. The van der Waals surface area contributed by atoms with Crippen LogP contribution >= 0.6 is 0 Å². The minimum absolute atomic E-state index is 0.353. The summed E-state index contributed by atoms with van der Waals surface area (Å²) in [5.41, 5.74) is 0.443. The Hall–Kier alpha value is -3.07. The van der Waals surface area contributed by atoms with Gasteiger partial charge < -0.3 is 4.74 Å². The fraction of sp³-hybridized carbons (Fsp3) is 0.222. The minimum atomic E-state index is -1.15. The summed E-state index contributed by atoms with van der Waals surface area (Å²) in [6, 6.07) is 6.33. The molecule has 1 aliphatic carbocycles. The predicted molar refractivity (Wildman–Crippen MR) is 88.3 cm³/mol. The zero-order valence-electron chi connectivity index (χ0n) is 13.4. The summed E-state index contributed by atoms with van der Waals surface area (Å²) >= 11 is 0. The maximum atomic E-state index is 12.5. The molecule has 3 rings (SSSR count). The highest BCUT2D eigenvalue weighted by Crippen LogP contribution is 2.38. The van der Waals surface area contributed by atoms with Crippen LogP contribution < -0.4 is 15.0 Å². The Morgan fingerprint density at radius 3 is 2.79 bits per heavy atom. The van der Waals surface area contributed by atoms with Gasteiger partial charge in [-0.25, -0.2) is 4.79 Å². The quantitative estimate of drug-likeness (QED) is 0.867. The van der Waals surface area contributed by atoms with Crippen LogP contribution in [0.15, 0.2) is 42.0 Å². The average molecular weight is 322 g/mol. The fourth-order valence-corrected chi connectivity index (χ4v) is 3.00. The van der Waals surface area contributed by atoms with Gasteiger partial charge in [-0.15, -0.1) is 0 Å². The van der Waals surface area contributed by atoms with Crippen molar-refractivity contribution >= 4 is 17.6 Å². The first-order valence-electron chi connectivity index (χ1n) is 7.46. The van der Waals surface area contributed by atoms with Gasteiger partial charge in [0, 0.05) is 6.07 Å². The molecule has 0 aromatic heterocycles. The number of amides is 3. The topological polar surface area (TPSA) is 82.4 Å². The number of allylic oxidation sites excluding steroid dienone is 2. The maximum absolute atomic E-state index is 12.5. The molecule has 2 aliphatic rings. The molecule has 1 fully saturated rings. The first-order chi connectivity index (χ1) is 11.5. The van der Waals surface area contributed by atoms with E-state index in [-0.39, 0.29) is 5.91 Å². The van der Waals surface area contributed by atoms with Crippen molar-refractivity contribution in [3.8, 4) is 11.8 Å². The van der Waals surface area contributed by atoms with Crippen LogP contribution in [0.2, 0.25) is 0 Å². The third kappa shape index (κ3) is 2.26. The maximum Gasteiger partial charge on any atom is 0.329 e. The largest absolute Gasteiger partial charge is 0.495 e. The number of nitrogens with one attached hydrogen (secondary N) is 1. The molecule has 0 spiro atoms. The van der Waals surface area contributed by atoms with E-state index in [0.29, 0.717) is 23.4 Å². The van der Waals surface area contributed by atoms with Crippen LogP contribution in [0.4, 0.5) is 10.5 Å². The van der Waals surface area contributed by atoms with Crippen molar-refractivity contribution in [1.82, 2.24) is 5.32 Å². The van der Waals surface area contributed by atoms with Crippen LogP contribution in [0.25, 0.3) is 0 Å². The lowest BCUT2D eigenvalue weighted by Crippen LogP contribution is -2.48. The number of ether oxygens (including phenoxy) is 1. The van der Waals surface area contributed by atoms with Gasteiger partial charge in [-0.2, -0.15) is 5.26 Å². The second-order valence-electron chi connectivity index (χ2n) is 5.65. The van der Waals surface area contributed by atoms with E-state index < -0.39 is 11.6 Å². The van der Waals surface area contributed by atoms with Gasteiger partial charge in [0.2, 0.25) is 0 Å². The molecule has 1 unspecified atom stereocenters. The summed E-state index contributed by atoms with van der Waals surface area (Å²) in [4.78, 5) is 26.4. The summed E-state index contributed by atoms with van der Waals surface area (Å²) < 4.78 is 5.21. The van der Waals surface area contributed by atoms with Crippen molar-refractivity contribution in [2.75, 3.05) is 12.0 Å². The zero-order chi connectivity index (χ0) is 17.3. The van der Waals surface area contributed by atoms with Gasteiger partial charge in [-0.3, -0.25) is 15.0 Å². The van der Waals surface area contributed by atoms with E-state index in [1.54, 1.807) is 25.1 Å². The number of anilines is 1. The molecule has 6 heteroatoms. The number of nitriles is 1. The Bertz CT molecular complexity index is 819. The number of hydrogen-bond acceptors (Lipinski definition) is 4. The average Bonchev–Trinajstić information content (AvgIpc) is 2.85. The molecule has 1 aromatic rings. The highest BCUT2D eigenvalue weighted by atomic mass is 16.5. The number of imide groups is 1. The van der Waals surface area contributed by atoms with Crippen LogP contribution in [0.3, 0.4) is 0 Å². The Labute approximate surface area is 140 Å². The van der Waals surface area contributed by atoms with Crippen molar-refractivity contribution in [3.05, 3.63) is 54.0 Å². The summed E-state index contributed by atoms with van der Waals surface area (Å²) in [7, 11) is 1.45. The lowest BCUT2D eigenvalue weighted by atomic mass is 9.86. The van der Waals surface area contributed by atoms with E-state index in [2.05, 4.69) is 5.32 Å². The Morgan fingerprint density at radius 2 is 2.17 bits per heavy atom. The number of methoxy groups -OCH3 is 1. The van der Waals surface area contributed by atoms with Crippen molar-refractivity contribution < 1.29 is 14.3 Å². The van der Waals surface area contributed by atoms with E-state index in [1.807, 2.05) is 30.7 Å². The van der Waals surface area contributed by atoms with Crippen LogP contribution in [0.5, 0.6) is 5.75 Å². The van der Waals surface area contributed by atoms with Gasteiger partial charge in [-0.05, 0) is 37.5 Å².